The summed E-state index contributed by atoms with van der Waals surface area (Å²) in [5, 5.41) is 0. The van der Waals surface area contributed by atoms with Gasteiger partial charge >= 0.3 is 0 Å². The van der Waals surface area contributed by atoms with E-state index in [0.29, 0.717) is 17.5 Å². The Balaban J connectivity index is 1.63. The van der Waals surface area contributed by atoms with E-state index in [4.69, 9.17) is 0 Å². The first-order valence-corrected chi connectivity index (χ1v) is 8.99. The summed E-state index contributed by atoms with van der Waals surface area (Å²) in [6.45, 7) is 4.62. The van der Waals surface area contributed by atoms with Crippen molar-refractivity contribution in [3.8, 4) is 0 Å². The molecule has 0 amide bonds. The van der Waals surface area contributed by atoms with Crippen LogP contribution in [0.2, 0.25) is 0 Å². The molecule has 4 aliphatic carbocycles. The van der Waals surface area contributed by atoms with Gasteiger partial charge in [0, 0.05) is 24.7 Å². The fourth-order valence-corrected chi connectivity index (χ4v) is 6.84. The molecule has 4 aliphatic rings. The van der Waals surface area contributed by atoms with E-state index in [1.807, 2.05) is 0 Å². The van der Waals surface area contributed by atoms with Crippen molar-refractivity contribution in [3.05, 3.63) is 0 Å². The largest absolute Gasteiger partial charge is 0.300 e. The van der Waals surface area contributed by atoms with Gasteiger partial charge in [0.25, 0.3) is 0 Å². The van der Waals surface area contributed by atoms with Gasteiger partial charge in [-0.2, -0.15) is 0 Å². The normalized spacial score (nSPS) is 53.0. The van der Waals surface area contributed by atoms with Crippen molar-refractivity contribution >= 4 is 11.6 Å². The van der Waals surface area contributed by atoms with E-state index in [1.165, 1.54) is 19.3 Å². The van der Waals surface area contributed by atoms with Crippen LogP contribution in [-0.2, 0) is 9.59 Å². The molecule has 0 saturated heterocycles. The topological polar surface area (TPSA) is 34.1 Å². The molecule has 4 saturated carbocycles. The number of hydrogen-bond acceptors (Lipinski definition) is 2. The van der Waals surface area contributed by atoms with Crippen LogP contribution in [0.5, 0.6) is 0 Å². The van der Waals surface area contributed by atoms with Gasteiger partial charge in [-0.25, -0.2) is 0 Å². The highest BCUT2D eigenvalue weighted by Gasteiger charge is 2.59. The molecule has 0 aromatic heterocycles. The lowest BCUT2D eigenvalue weighted by atomic mass is 9.47. The molecule has 0 aromatic rings. The van der Waals surface area contributed by atoms with E-state index in [9.17, 15) is 9.59 Å². The number of fused-ring (bicyclic) bond motifs is 5. The number of Topliss-reactive ketones (excluding diaryl/α,β-unsaturated/α-hetero) is 2. The first kappa shape index (κ1) is 14.0. The van der Waals surface area contributed by atoms with Crippen molar-refractivity contribution in [2.45, 2.75) is 71.6 Å². The van der Waals surface area contributed by atoms with Gasteiger partial charge < -0.3 is 0 Å². The van der Waals surface area contributed by atoms with Gasteiger partial charge in [-0.15, -0.1) is 0 Å². The lowest BCUT2D eigenvalue weighted by Crippen LogP contribution is -2.52. The minimum Gasteiger partial charge on any atom is -0.300 e. The van der Waals surface area contributed by atoms with Crippen molar-refractivity contribution < 1.29 is 9.59 Å². The van der Waals surface area contributed by atoms with Gasteiger partial charge in [-0.1, -0.05) is 13.8 Å². The summed E-state index contributed by atoms with van der Waals surface area (Å²) in [4.78, 5) is 24.3. The summed E-state index contributed by atoms with van der Waals surface area (Å²) in [5.41, 5.74) is 0.270. The molecule has 6 atom stereocenters. The highest BCUT2D eigenvalue weighted by Crippen LogP contribution is 2.63. The van der Waals surface area contributed by atoms with Gasteiger partial charge in [0.1, 0.15) is 11.6 Å². The molecule has 6 unspecified atom stereocenters. The number of ketones is 2. The Kier molecular flexibility index (Phi) is 2.94. The quantitative estimate of drug-likeness (QED) is 0.670. The van der Waals surface area contributed by atoms with Gasteiger partial charge in [0.15, 0.2) is 0 Å². The SMILES string of the molecule is CC12CCC3C(CCC4(C)C(=O)CCC34)C1CCC(=O)C2. The molecule has 0 N–H and O–H groups in total. The van der Waals surface area contributed by atoms with Gasteiger partial charge in [0.05, 0.1) is 0 Å². The van der Waals surface area contributed by atoms with Crippen molar-refractivity contribution in [2.75, 3.05) is 0 Å². The van der Waals surface area contributed by atoms with Crippen LogP contribution >= 0.6 is 0 Å². The summed E-state index contributed by atoms with van der Waals surface area (Å²) in [6.07, 6.45) is 9.53. The average molecular weight is 288 g/mol. The smallest absolute Gasteiger partial charge is 0.139 e. The molecular weight excluding hydrogens is 260 g/mol. The molecule has 2 heteroatoms. The first-order chi connectivity index (χ1) is 9.94. The lowest BCUT2D eigenvalue weighted by Gasteiger charge is -2.57. The van der Waals surface area contributed by atoms with E-state index in [2.05, 4.69) is 13.8 Å². The van der Waals surface area contributed by atoms with Gasteiger partial charge in [0.2, 0.25) is 0 Å². The summed E-state index contributed by atoms with van der Waals surface area (Å²) in [6, 6.07) is 0. The molecule has 0 aliphatic heterocycles. The highest BCUT2D eigenvalue weighted by molar-refractivity contribution is 5.87. The van der Waals surface area contributed by atoms with E-state index in [0.717, 1.165) is 56.3 Å². The summed E-state index contributed by atoms with van der Waals surface area (Å²) >= 11 is 0. The second kappa shape index (κ2) is 4.43. The molecule has 0 bridgehead atoms. The number of carbonyl (C=O) groups is 2. The van der Waals surface area contributed by atoms with Crippen LogP contribution in [0, 0.1) is 34.5 Å². The zero-order valence-electron chi connectivity index (χ0n) is 13.5. The Hall–Kier alpha value is -0.660. The molecule has 4 rings (SSSR count). The molecule has 116 valence electrons. The predicted octanol–water partition coefficient (Wildman–Crippen LogP) is 4.17. The number of hydrogen-bond donors (Lipinski definition) is 0. The average Bonchev–Trinajstić information content (AvgIpc) is 2.73. The van der Waals surface area contributed by atoms with Gasteiger partial charge in [-0.3, -0.25) is 9.59 Å². The highest BCUT2D eigenvalue weighted by atomic mass is 16.1. The van der Waals surface area contributed by atoms with E-state index in [1.54, 1.807) is 0 Å². The third-order valence-corrected chi connectivity index (χ3v) is 8.00. The standard InChI is InChI=1S/C19H28O2/c1-18-9-7-14-13(15(18)4-3-12(20)11-18)8-10-19(2)16(14)5-6-17(19)21/h13-16H,3-11H2,1-2H3. The van der Waals surface area contributed by atoms with Crippen LogP contribution in [0.4, 0.5) is 0 Å². The maximum Gasteiger partial charge on any atom is 0.139 e. The van der Waals surface area contributed by atoms with Crippen molar-refractivity contribution in [1.29, 1.82) is 0 Å². The minimum atomic E-state index is -0.000601. The third kappa shape index (κ3) is 1.83. The molecule has 0 heterocycles. The zero-order chi connectivity index (χ0) is 14.8. The van der Waals surface area contributed by atoms with Gasteiger partial charge in [-0.05, 0) is 67.6 Å². The monoisotopic (exact) mass is 288 g/mol. The Labute approximate surface area is 128 Å². The fourth-order valence-electron chi connectivity index (χ4n) is 6.84. The van der Waals surface area contributed by atoms with E-state index < -0.39 is 0 Å². The molecule has 4 fully saturated rings. The Bertz CT molecular complexity index is 496. The third-order valence-electron chi connectivity index (χ3n) is 8.00. The Morgan fingerprint density at radius 2 is 1.52 bits per heavy atom. The van der Waals surface area contributed by atoms with E-state index >= 15 is 0 Å². The number of carbonyl (C=O) groups excluding carboxylic acids is 2. The minimum absolute atomic E-state index is 0.000601. The fraction of sp³-hybridized carbons (Fsp3) is 0.895. The predicted molar refractivity (Wildman–Crippen MR) is 81.7 cm³/mol. The maximum absolute atomic E-state index is 12.3. The van der Waals surface area contributed by atoms with E-state index in [-0.39, 0.29) is 10.8 Å². The Morgan fingerprint density at radius 1 is 0.857 bits per heavy atom. The van der Waals surface area contributed by atoms with Crippen LogP contribution < -0.4 is 0 Å². The van der Waals surface area contributed by atoms with Crippen LogP contribution in [0.25, 0.3) is 0 Å². The molecular formula is C19H28O2. The lowest BCUT2D eigenvalue weighted by molar-refractivity contribution is -0.140. The summed E-state index contributed by atoms with van der Waals surface area (Å²) in [7, 11) is 0. The maximum atomic E-state index is 12.3. The van der Waals surface area contributed by atoms with Crippen molar-refractivity contribution in [3.63, 3.8) is 0 Å². The van der Waals surface area contributed by atoms with Crippen LogP contribution in [0.15, 0.2) is 0 Å². The Morgan fingerprint density at radius 3 is 2.33 bits per heavy atom. The van der Waals surface area contributed by atoms with Crippen LogP contribution in [0.3, 0.4) is 0 Å². The molecule has 0 radical (unpaired) electrons. The molecule has 21 heavy (non-hydrogen) atoms. The van der Waals surface area contributed by atoms with Crippen molar-refractivity contribution in [2.24, 2.45) is 34.5 Å². The second-order valence-corrected chi connectivity index (χ2v) is 8.91. The first-order valence-electron chi connectivity index (χ1n) is 8.99. The summed E-state index contributed by atoms with van der Waals surface area (Å²) < 4.78 is 0. The zero-order valence-corrected chi connectivity index (χ0v) is 13.5. The van der Waals surface area contributed by atoms with Crippen molar-refractivity contribution in [1.82, 2.24) is 0 Å². The van der Waals surface area contributed by atoms with Crippen LogP contribution in [0.1, 0.15) is 71.6 Å². The number of rotatable bonds is 0. The molecule has 2 nitrogen and oxygen atoms in total. The molecule has 0 spiro atoms. The second-order valence-electron chi connectivity index (χ2n) is 8.91. The molecule has 0 aromatic carbocycles. The summed E-state index contributed by atoms with van der Waals surface area (Å²) in [5.74, 6) is 3.98. The van der Waals surface area contributed by atoms with Crippen LogP contribution in [-0.4, -0.2) is 11.6 Å².